The molecule has 0 aliphatic heterocycles. The van der Waals surface area contributed by atoms with E-state index in [1.807, 2.05) is 0 Å². The minimum Gasteiger partial charge on any atom is -0.423 e. The first-order valence-electron chi connectivity index (χ1n) is 5.02. The molecule has 0 N–H and O–H groups in total. The molecule has 0 aliphatic rings. The van der Waals surface area contributed by atoms with Crippen molar-refractivity contribution in [2.75, 3.05) is 0 Å². The van der Waals surface area contributed by atoms with Crippen LogP contribution in [0.5, 0.6) is 11.8 Å². The van der Waals surface area contributed by atoms with Crippen molar-refractivity contribution in [2.24, 2.45) is 0 Å². The molecular formula is C12H8ClFN2O2. The summed E-state index contributed by atoms with van der Waals surface area (Å²) in [7, 11) is 0. The van der Waals surface area contributed by atoms with Crippen molar-refractivity contribution in [3.8, 4) is 11.8 Å². The van der Waals surface area contributed by atoms with E-state index in [4.69, 9.17) is 16.3 Å². The number of ketones is 1. The monoisotopic (exact) mass is 266 g/mol. The second kappa shape index (κ2) is 5.10. The first-order chi connectivity index (χ1) is 8.56. The number of Topliss-reactive ketones (excluding diaryl/α,β-unsaturated/α-hetero) is 1. The Labute approximate surface area is 107 Å². The molecule has 0 spiro atoms. The molecule has 0 fully saturated rings. The van der Waals surface area contributed by atoms with E-state index in [1.54, 1.807) is 6.07 Å². The summed E-state index contributed by atoms with van der Waals surface area (Å²) in [6, 6.07) is 4.58. The van der Waals surface area contributed by atoms with Gasteiger partial charge in [-0.1, -0.05) is 11.6 Å². The summed E-state index contributed by atoms with van der Waals surface area (Å²) in [6.07, 6.45) is 1.97. The number of nitrogens with zero attached hydrogens (tertiary/aromatic N) is 2. The van der Waals surface area contributed by atoms with Crippen LogP contribution in [0.15, 0.2) is 30.6 Å². The number of benzene rings is 1. The third kappa shape index (κ3) is 2.81. The van der Waals surface area contributed by atoms with Crippen molar-refractivity contribution in [1.29, 1.82) is 0 Å². The molecule has 0 amide bonds. The van der Waals surface area contributed by atoms with E-state index in [1.165, 1.54) is 19.1 Å². The molecule has 0 radical (unpaired) electrons. The van der Waals surface area contributed by atoms with Gasteiger partial charge in [0.25, 0.3) is 0 Å². The Kier molecular flexibility index (Phi) is 3.53. The maximum atomic E-state index is 12.6. The highest BCUT2D eigenvalue weighted by molar-refractivity contribution is 6.32. The van der Waals surface area contributed by atoms with Crippen LogP contribution in [-0.2, 0) is 0 Å². The van der Waals surface area contributed by atoms with Crippen LogP contribution in [0.3, 0.4) is 0 Å². The minimum absolute atomic E-state index is 0.0196. The van der Waals surface area contributed by atoms with Crippen molar-refractivity contribution in [3.05, 3.63) is 47.0 Å². The summed E-state index contributed by atoms with van der Waals surface area (Å²) in [5, 5.41) is 0.260. The minimum atomic E-state index is -0.555. The maximum Gasteiger partial charge on any atom is 0.322 e. The van der Waals surface area contributed by atoms with Crippen LogP contribution in [-0.4, -0.2) is 15.8 Å². The second-order valence-electron chi connectivity index (χ2n) is 3.49. The van der Waals surface area contributed by atoms with E-state index in [-0.39, 0.29) is 16.8 Å². The van der Waals surface area contributed by atoms with Gasteiger partial charge >= 0.3 is 6.01 Å². The molecule has 0 bridgehead atoms. The molecule has 2 aromatic rings. The molecule has 1 heterocycles. The second-order valence-corrected chi connectivity index (χ2v) is 3.89. The van der Waals surface area contributed by atoms with Gasteiger partial charge in [0.2, 0.25) is 0 Å². The lowest BCUT2D eigenvalue weighted by molar-refractivity contribution is 0.101. The van der Waals surface area contributed by atoms with Gasteiger partial charge < -0.3 is 4.74 Å². The number of halogens is 2. The molecule has 18 heavy (non-hydrogen) atoms. The Morgan fingerprint density at radius 1 is 1.33 bits per heavy atom. The van der Waals surface area contributed by atoms with Crippen molar-refractivity contribution >= 4 is 17.4 Å². The van der Waals surface area contributed by atoms with Crippen LogP contribution in [0, 0.1) is 5.82 Å². The van der Waals surface area contributed by atoms with E-state index in [0.717, 1.165) is 12.4 Å². The number of hydrogen-bond acceptors (Lipinski definition) is 4. The van der Waals surface area contributed by atoms with Gasteiger partial charge in [0, 0.05) is 5.56 Å². The summed E-state index contributed by atoms with van der Waals surface area (Å²) >= 11 is 5.95. The molecule has 2 rings (SSSR count). The van der Waals surface area contributed by atoms with Crippen LogP contribution in [0.4, 0.5) is 4.39 Å². The summed E-state index contributed by atoms with van der Waals surface area (Å²) < 4.78 is 17.9. The highest BCUT2D eigenvalue weighted by Crippen LogP contribution is 2.28. The van der Waals surface area contributed by atoms with Crippen LogP contribution in [0.1, 0.15) is 17.3 Å². The van der Waals surface area contributed by atoms with Gasteiger partial charge in [0.15, 0.2) is 11.6 Å². The molecule has 0 saturated carbocycles. The molecule has 0 atom stereocenters. The van der Waals surface area contributed by atoms with Gasteiger partial charge in [-0.2, -0.15) is 0 Å². The predicted molar refractivity (Wildman–Crippen MR) is 63.5 cm³/mol. The van der Waals surface area contributed by atoms with Crippen molar-refractivity contribution in [1.82, 2.24) is 9.97 Å². The van der Waals surface area contributed by atoms with Gasteiger partial charge in [-0.15, -0.1) is 0 Å². The first kappa shape index (κ1) is 12.4. The van der Waals surface area contributed by atoms with Crippen molar-refractivity contribution in [3.63, 3.8) is 0 Å². The molecule has 1 aromatic heterocycles. The number of rotatable bonds is 3. The van der Waals surface area contributed by atoms with Gasteiger partial charge in [-0.25, -0.2) is 14.4 Å². The molecule has 0 saturated heterocycles. The first-order valence-corrected chi connectivity index (χ1v) is 5.40. The van der Waals surface area contributed by atoms with E-state index in [0.29, 0.717) is 11.3 Å². The summed E-state index contributed by atoms with van der Waals surface area (Å²) in [4.78, 5) is 18.4. The molecule has 4 nitrogen and oxygen atoms in total. The average Bonchev–Trinajstić information content (AvgIpc) is 2.34. The Morgan fingerprint density at radius 3 is 2.56 bits per heavy atom. The maximum absolute atomic E-state index is 12.6. The zero-order valence-corrected chi connectivity index (χ0v) is 10.1. The van der Waals surface area contributed by atoms with Gasteiger partial charge in [-0.05, 0) is 25.1 Å². The average molecular weight is 267 g/mol. The Bertz CT molecular complexity index is 587. The number of carbonyl (C=O) groups is 1. The van der Waals surface area contributed by atoms with Crippen molar-refractivity contribution < 1.29 is 13.9 Å². The molecule has 0 aliphatic carbocycles. The van der Waals surface area contributed by atoms with Gasteiger partial charge in [-0.3, -0.25) is 4.79 Å². The van der Waals surface area contributed by atoms with E-state index < -0.39 is 5.82 Å². The predicted octanol–water partition coefficient (Wildman–Crippen LogP) is 3.26. The number of carbonyl (C=O) groups excluding carboxylic acids is 1. The normalized spacial score (nSPS) is 10.2. The lowest BCUT2D eigenvalue weighted by atomic mass is 10.1. The van der Waals surface area contributed by atoms with Crippen LogP contribution in [0.25, 0.3) is 0 Å². The molecule has 6 heteroatoms. The highest BCUT2D eigenvalue weighted by Gasteiger charge is 2.08. The summed E-state index contributed by atoms with van der Waals surface area (Å²) in [6.45, 7) is 1.44. The summed E-state index contributed by atoms with van der Waals surface area (Å²) in [5.74, 6) is -0.352. The Morgan fingerprint density at radius 2 is 2.00 bits per heavy atom. The quantitative estimate of drug-likeness (QED) is 0.800. The number of aromatic nitrogens is 2. The molecule has 0 unspecified atom stereocenters. The fraction of sp³-hybridized carbons (Fsp3) is 0.0833. The zero-order chi connectivity index (χ0) is 13.1. The number of ether oxygens (including phenoxy) is 1. The standard InChI is InChI=1S/C12H8ClFN2O2/c1-7(17)8-2-3-11(10(13)4-8)18-12-15-5-9(14)6-16-12/h2-6H,1H3. The molecular weight excluding hydrogens is 259 g/mol. The topological polar surface area (TPSA) is 52.1 Å². The van der Waals surface area contributed by atoms with Crippen molar-refractivity contribution in [2.45, 2.75) is 6.92 Å². The lowest BCUT2D eigenvalue weighted by Crippen LogP contribution is -1.95. The van der Waals surface area contributed by atoms with E-state index in [9.17, 15) is 9.18 Å². The summed E-state index contributed by atoms with van der Waals surface area (Å²) in [5.41, 5.74) is 0.479. The molecule has 92 valence electrons. The van der Waals surface area contributed by atoms with Gasteiger partial charge in [0.1, 0.15) is 5.75 Å². The lowest BCUT2D eigenvalue weighted by Gasteiger charge is -2.06. The third-order valence-electron chi connectivity index (χ3n) is 2.14. The zero-order valence-electron chi connectivity index (χ0n) is 9.35. The molecule has 1 aromatic carbocycles. The fourth-order valence-electron chi connectivity index (χ4n) is 1.25. The third-order valence-corrected chi connectivity index (χ3v) is 2.43. The van der Waals surface area contributed by atoms with Crippen LogP contribution < -0.4 is 4.74 Å². The SMILES string of the molecule is CC(=O)c1ccc(Oc2ncc(F)cn2)c(Cl)c1. The largest absolute Gasteiger partial charge is 0.423 e. The van der Waals surface area contributed by atoms with E-state index >= 15 is 0 Å². The fourth-order valence-corrected chi connectivity index (χ4v) is 1.47. The highest BCUT2D eigenvalue weighted by atomic mass is 35.5. The van der Waals surface area contributed by atoms with Crippen LogP contribution >= 0.6 is 11.6 Å². The Balaban J connectivity index is 2.24. The Hall–Kier alpha value is -2.01. The smallest absolute Gasteiger partial charge is 0.322 e. The van der Waals surface area contributed by atoms with Crippen LogP contribution in [0.2, 0.25) is 5.02 Å². The number of hydrogen-bond donors (Lipinski definition) is 0. The van der Waals surface area contributed by atoms with Gasteiger partial charge in [0.05, 0.1) is 17.4 Å². The van der Waals surface area contributed by atoms with E-state index in [2.05, 4.69) is 9.97 Å².